The van der Waals surface area contributed by atoms with Crippen molar-refractivity contribution < 1.29 is 24.0 Å². The Morgan fingerprint density at radius 3 is 2.62 bits per heavy atom. The van der Waals surface area contributed by atoms with Crippen molar-refractivity contribution in [2.75, 3.05) is 0 Å². The first-order valence-corrected chi connectivity index (χ1v) is 6.33. The van der Waals surface area contributed by atoms with Crippen LogP contribution in [0.15, 0.2) is 40.9 Å². The van der Waals surface area contributed by atoms with E-state index in [1.54, 1.807) is 0 Å². The minimum Gasteiger partial charge on any atom is -0.478 e. The summed E-state index contributed by atoms with van der Waals surface area (Å²) in [5.41, 5.74) is -0.847. The normalized spacial score (nSPS) is 10.2. The number of aromatic carboxylic acids is 1. The van der Waals surface area contributed by atoms with Gasteiger partial charge in [0.15, 0.2) is 0 Å². The molecular weight excluding hydrogens is 349 g/mol. The van der Waals surface area contributed by atoms with Crippen molar-refractivity contribution in [1.82, 2.24) is 0 Å². The van der Waals surface area contributed by atoms with Crippen molar-refractivity contribution >= 4 is 27.6 Å². The molecule has 0 atom stereocenters. The van der Waals surface area contributed by atoms with E-state index < -0.39 is 28.1 Å². The summed E-state index contributed by atoms with van der Waals surface area (Å²) in [6, 6.07) is 7.13. The number of para-hydroxylation sites is 1. The number of halogens is 2. The molecule has 1 N–H and O–H groups in total. The summed E-state index contributed by atoms with van der Waals surface area (Å²) >= 11 is 2.95. The molecule has 108 valence electrons. The summed E-state index contributed by atoms with van der Waals surface area (Å²) in [6.07, 6.45) is 0. The Morgan fingerprint density at radius 1 is 1.33 bits per heavy atom. The Bertz CT molecular complexity index is 702. The van der Waals surface area contributed by atoms with Crippen molar-refractivity contribution in [1.29, 1.82) is 0 Å². The molecule has 0 aliphatic heterocycles. The number of hydrogen-bond donors (Lipinski definition) is 1. The van der Waals surface area contributed by atoms with Crippen LogP contribution in [0.1, 0.15) is 10.4 Å². The van der Waals surface area contributed by atoms with E-state index in [1.165, 1.54) is 24.3 Å². The van der Waals surface area contributed by atoms with E-state index in [1.807, 2.05) is 0 Å². The lowest BCUT2D eigenvalue weighted by atomic mass is 10.1. The molecule has 0 aromatic heterocycles. The van der Waals surface area contributed by atoms with Gasteiger partial charge in [0.05, 0.1) is 9.40 Å². The predicted octanol–water partition coefficient (Wildman–Crippen LogP) is 3.99. The van der Waals surface area contributed by atoms with E-state index in [0.29, 0.717) is 0 Å². The van der Waals surface area contributed by atoms with Gasteiger partial charge in [-0.15, -0.1) is 0 Å². The van der Waals surface area contributed by atoms with Gasteiger partial charge in [0.1, 0.15) is 17.1 Å². The molecule has 0 aliphatic carbocycles. The number of nitrogens with zero attached hydrogens (tertiary/aromatic N) is 1. The van der Waals surface area contributed by atoms with Crippen molar-refractivity contribution in [3.63, 3.8) is 0 Å². The molecule has 0 aliphatic rings. The van der Waals surface area contributed by atoms with Crippen LogP contribution in [-0.4, -0.2) is 16.0 Å². The van der Waals surface area contributed by atoms with Crippen molar-refractivity contribution in [2.24, 2.45) is 0 Å². The molecule has 0 bridgehead atoms. The Balaban J connectivity index is 2.53. The lowest BCUT2D eigenvalue weighted by Gasteiger charge is -2.09. The molecule has 8 heteroatoms. The first-order valence-electron chi connectivity index (χ1n) is 5.53. The highest BCUT2D eigenvalue weighted by Gasteiger charge is 2.23. The molecule has 0 amide bonds. The number of carboxylic acids is 1. The van der Waals surface area contributed by atoms with E-state index in [9.17, 15) is 19.3 Å². The molecule has 0 saturated heterocycles. The van der Waals surface area contributed by atoms with Crippen LogP contribution >= 0.6 is 15.9 Å². The monoisotopic (exact) mass is 355 g/mol. The van der Waals surface area contributed by atoms with Crippen molar-refractivity contribution in [3.8, 4) is 11.5 Å². The van der Waals surface area contributed by atoms with E-state index in [2.05, 4.69) is 15.9 Å². The van der Waals surface area contributed by atoms with Crippen LogP contribution in [0.3, 0.4) is 0 Å². The fraction of sp³-hybridized carbons (Fsp3) is 0. The molecule has 0 spiro atoms. The Kier molecular flexibility index (Phi) is 4.18. The fourth-order valence-corrected chi connectivity index (χ4v) is 1.96. The number of benzene rings is 2. The lowest BCUT2D eigenvalue weighted by Crippen LogP contribution is -2.03. The zero-order chi connectivity index (χ0) is 15.6. The molecule has 0 fully saturated rings. The first-order chi connectivity index (χ1) is 9.90. The Hall–Kier alpha value is -2.48. The van der Waals surface area contributed by atoms with Crippen molar-refractivity contribution in [2.45, 2.75) is 0 Å². The van der Waals surface area contributed by atoms with Gasteiger partial charge in [0, 0.05) is 6.07 Å². The summed E-state index contributed by atoms with van der Waals surface area (Å²) in [4.78, 5) is 21.4. The van der Waals surface area contributed by atoms with Crippen LogP contribution in [-0.2, 0) is 0 Å². The predicted molar refractivity (Wildman–Crippen MR) is 74.2 cm³/mol. The lowest BCUT2D eigenvalue weighted by molar-refractivity contribution is -0.385. The van der Waals surface area contributed by atoms with Gasteiger partial charge in [-0.3, -0.25) is 10.1 Å². The maximum Gasteiger partial charge on any atom is 0.339 e. The quantitative estimate of drug-likeness (QED) is 0.661. The molecule has 2 aromatic carbocycles. The minimum absolute atomic E-state index is 0.0695. The maximum absolute atomic E-state index is 13.1. The van der Waals surface area contributed by atoms with E-state index in [-0.39, 0.29) is 15.8 Å². The van der Waals surface area contributed by atoms with Gasteiger partial charge in [-0.2, -0.15) is 0 Å². The number of hydrogen-bond acceptors (Lipinski definition) is 4. The standard InChI is InChI=1S/C13H7BrFNO5/c14-9-6-7(4-5-10(9)15)21-12-8(13(17)18)2-1-3-11(12)16(19)20/h1-6H,(H,17,18). The zero-order valence-electron chi connectivity index (χ0n) is 10.2. The van der Waals surface area contributed by atoms with Crippen LogP contribution in [0.4, 0.5) is 10.1 Å². The zero-order valence-corrected chi connectivity index (χ0v) is 11.8. The third-order valence-electron chi connectivity index (χ3n) is 2.53. The van der Waals surface area contributed by atoms with Gasteiger partial charge in [0.25, 0.3) is 0 Å². The molecule has 2 rings (SSSR count). The van der Waals surface area contributed by atoms with Crippen LogP contribution in [0.25, 0.3) is 0 Å². The van der Waals surface area contributed by atoms with Gasteiger partial charge < -0.3 is 9.84 Å². The van der Waals surface area contributed by atoms with Crippen LogP contribution in [0.2, 0.25) is 0 Å². The van der Waals surface area contributed by atoms with E-state index in [0.717, 1.165) is 12.1 Å². The second-order valence-electron chi connectivity index (χ2n) is 3.89. The molecule has 0 saturated carbocycles. The molecule has 6 nitrogen and oxygen atoms in total. The topological polar surface area (TPSA) is 89.7 Å². The summed E-state index contributed by atoms with van der Waals surface area (Å²) in [6.45, 7) is 0. The van der Waals surface area contributed by atoms with Crippen molar-refractivity contribution in [3.05, 3.63) is 62.4 Å². The number of nitro groups is 1. The van der Waals surface area contributed by atoms with Gasteiger partial charge in [-0.1, -0.05) is 6.07 Å². The summed E-state index contributed by atoms with van der Waals surface area (Å²) in [5, 5.41) is 20.0. The maximum atomic E-state index is 13.1. The molecule has 0 heterocycles. The summed E-state index contributed by atoms with van der Waals surface area (Å²) < 4.78 is 18.5. The summed E-state index contributed by atoms with van der Waals surface area (Å²) in [7, 11) is 0. The molecular formula is C13H7BrFNO5. The average Bonchev–Trinajstić information content (AvgIpc) is 2.42. The minimum atomic E-state index is -1.37. The van der Waals surface area contributed by atoms with Gasteiger partial charge in [-0.05, 0) is 40.2 Å². The highest BCUT2D eigenvalue weighted by atomic mass is 79.9. The van der Waals surface area contributed by atoms with Gasteiger partial charge in [-0.25, -0.2) is 9.18 Å². The molecule has 0 unspecified atom stereocenters. The Labute approximate surface area is 126 Å². The largest absolute Gasteiger partial charge is 0.478 e. The van der Waals surface area contributed by atoms with Crippen LogP contribution < -0.4 is 4.74 Å². The van der Waals surface area contributed by atoms with Gasteiger partial charge >= 0.3 is 11.7 Å². The fourth-order valence-electron chi connectivity index (χ4n) is 1.60. The highest BCUT2D eigenvalue weighted by molar-refractivity contribution is 9.10. The van der Waals surface area contributed by atoms with Gasteiger partial charge in [0.2, 0.25) is 5.75 Å². The third-order valence-corrected chi connectivity index (χ3v) is 3.14. The third kappa shape index (κ3) is 3.16. The number of nitro benzene ring substituents is 1. The highest BCUT2D eigenvalue weighted by Crippen LogP contribution is 2.35. The van der Waals surface area contributed by atoms with E-state index >= 15 is 0 Å². The average molecular weight is 356 g/mol. The molecule has 21 heavy (non-hydrogen) atoms. The smallest absolute Gasteiger partial charge is 0.339 e. The number of rotatable bonds is 4. The molecule has 2 aromatic rings. The van der Waals surface area contributed by atoms with Crippen LogP contribution in [0, 0.1) is 15.9 Å². The summed E-state index contributed by atoms with van der Waals surface area (Å²) in [5.74, 6) is -2.24. The first kappa shape index (κ1) is 14.9. The number of carbonyl (C=O) groups is 1. The second-order valence-corrected chi connectivity index (χ2v) is 4.75. The van der Waals surface area contributed by atoms with Crippen LogP contribution in [0.5, 0.6) is 11.5 Å². The molecule has 0 radical (unpaired) electrons. The SMILES string of the molecule is O=C(O)c1cccc([N+](=O)[O-])c1Oc1ccc(F)c(Br)c1. The second kappa shape index (κ2) is 5.88. The number of carboxylic acid groups (broad SMARTS) is 1. The number of ether oxygens (including phenoxy) is 1. The Morgan fingerprint density at radius 2 is 2.05 bits per heavy atom. The van der Waals surface area contributed by atoms with E-state index in [4.69, 9.17) is 9.84 Å².